The van der Waals surface area contributed by atoms with Crippen LogP contribution in [0.25, 0.3) is 0 Å². The second-order valence-electron chi connectivity index (χ2n) is 5.67. The highest BCUT2D eigenvalue weighted by atomic mass is 32.2. The Bertz CT molecular complexity index is 835. The topological polar surface area (TPSA) is 80.1 Å². The minimum absolute atomic E-state index is 0.153. The quantitative estimate of drug-likeness (QED) is 0.715. The van der Waals surface area contributed by atoms with E-state index in [0.717, 1.165) is 4.68 Å². The lowest BCUT2D eigenvalue weighted by Gasteiger charge is -2.20. The maximum Gasteiger partial charge on any atom is 0.257 e. The molecule has 10 heteroatoms. The van der Waals surface area contributed by atoms with Gasteiger partial charge in [-0.25, -0.2) is 26.9 Å². The molecule has 0 saturated carbocycles. The van der Waals surface area contributed by atoms with Crippen LogP contribution in [0.2, 0.25) is 0 Å². The highest BCUT2D eigenvalue weighted by Crippen LogP contribution is 2.24. The van der Waals surface area contributed by atoms with Gasteiger partial charge in [0.2, 0.25) is 10.0 Å². The van der Waals surface area contributed by atoms with Crippen molar-refractivity contribution in [2.24, 2.45) is 0 Å². The minimum atomic E-state index is -3.59. The van der Waals surface area contributed by atoms with Crippen LogP contribution in [-0.4, -0.2) is 47.0 Å². The van der Waals surface area contributed by atoms with Crippen molar-refractivity contribution in [2.75, 3.05) is 18.4 Å². The molecular formula is C16H23F2N5O2S. The number of aryl methyl sites for hydroxylation is 1. The van der Waals surface area contributed by atoms with Crippen LogP contribution in [0.4, 0.5) is 14.5 Å². The number of rotatable bonds is 9. The van der Waals surface area contributed by atoms with E-state index in [0.29, 0.717) is 30.2 Å². The standard InChI is InChI=1S/C16H23F2N5O2S/c1-4-22(5-2)26(24,25)14-8-13(7-6-12(14)3)19-9-16-20-11-21-23(16)10-15(17)18/h6-8,11,15,19H,4-5,9-10H2,1-3H3. The first kappa shape index (κ1) is 20.2. The molecule has 0 spiro atoms. The largest absolute Gasteiger partial charge is 0.378 e. The highest BCUT2D eigenvalue weighted by molar-refractivity contribution is 7.89. The first-order chi connectivity index (χ1) is 12.3. The van der Waals surface area contributed by atoms with Crippen molar-refractivity contribution in [3.63, 3.8) is 0 Å². The summed E-state index contributed by atoms with van der Waals surface area (Å²) in [5, 5.41) is 6.79. The normalized spacial score (nSPS) is 12.1. The number of anilines is 1. The lowest BCUT2D eigenvalue weighted by molar-refractivity contribution is 0.120. The summed E-state index contributed by atoms with van der Waals surface area (Å²) >= 11 is 0. The van der Waals surface area contributed by atoms with Gasteiger partial charge in [-0.3, -0.25) is 0 Å². The first-order valence-corrected chi connectivity index (χ1v) is 9.73. The second-order valence-corrected chi connectivity index (χ2v) is 7.58. The Morgan fingerprint density at radius 1 is 1.27 bits per heavy atom. The average Bonchev–Trinajstić information content (AvgIpc) is 3.01. The summed E-state index contributed by atoms with van der Waals surface area (Å²) in [6.45, 7) is 5.69. The number of halogens is 2. The maximum atomic E-state index is 12.8. The summed E-state index contributed by atoms with van der Waals surface area (Å²) in [6, 6.07) is 5.00. The third-order valence-corrected chi connectivity index (χ3v) is 6.16. The van der Waals surface area contributed by atoms with Crippen LogP contribution in [0, 0.1) is 6.92 Å². The van der Waals surface area contributed by atoms with Crippen molar-refractivity contribution < 1.29 is 17.2 Å². The van der Waals surface area contributed by atoms with Crippen LogP contribution in [-0.2, 0) is 23.1 Å². The fraction of sp³-hybridized carbons (Fsp3) is 0.500. The van der Waals surface area contributed by atoms with E-state index < -0.39 is 23.0 Å². The number of hydrogen-bond acceptors (Lipinski definition) is 5. The molecular weight excluding hydrogens is 364 g/mol. The Labute approximate surface area is 152 Å². The van der Waals surface area contributed by atoms with Crippen LogP contribution in [0.15, 0.2) is 29.4 Å². The van der Waals surface area contributed by atoms with Gasteiger partial charge in [0.25, 0.3) is 6.43 Å². The molecule has 0 saturated heterocycles. The fourth-order valence-electron chi connectivity index (χ4n) is 2.58. The molecule has 0 aliphatic rings. The third-order valence-electron chi connectivity index (χ3n) is 3.97. The molecule has 1 aromatic carbocycles. The van der Waals surface area contributed by atoms with Gasteiger partial charge in [0, 0.05) is 18.8 Å². The molecule has 0 aliphatic carbocycles. The zero-order valence-electron chi connectivity index (χ0n) is 15.0. The molecule has 7 nitrogen and oxygen atoms in total. The van der Waals surface area contributed by atoms with Gasteiger partial charge in [-0.05, 0) is 24.6 Å². The monoisotopic (exact) mass is 387 g/mol. The van der Waals surface area contributed by atoms with Gasteiger partial charge in [-0.2, -0.15) is 9.40 Å². The van der Waals surface area contributed by atoms with Gasteiger partial charge in [0.15, 0.2) is 0 Å². The van der Waals surface area contributed by atoms with E-state index in [9.17, 15) is 17.2 Å². The number of nitrogens with zero attached hydrogens (tertiary/aromatic N) is 4. The zero-order valence-corrected chi connectivity index (χ0v) is 15.8. The SMILES string of the molecule is CCN(CC)S(=O)(=O)c1cc(NCc2ncnn2CC(F)F)ccc1C. The Hall–Kier alpha value is -2.07. The minimum Gasteiger partial charge on any atom is -0.378 e. The first-order valence-electron chi connectivity index (χ1n) is 8.29. The number of hydrogen-bond donors (Lipinski definition) is 1. The van der Waals surface area contributed by atoms with E-state index >= 15 is 0 Å². The molecule has 0 aliphatic heterocycles. The number of nitrogens with one attached hydrogen (secondary N) is 1. The molecule has 144 valence electrons. The predicted octanol–water partition coefficient (Wildman–Crippen LogP) is 2.49. The lowest BCUT2D eigenvalue weighted by atomic mass is 10.2. The molecule has 1 aromatic heterocycles. The molecule has 1 N–H and O–H groups in total. The molecule has 0 atom stereocenters. The number of benzene rings is 1. The Balaban J connectivity index is 2.21. The molecule has 2 rings (SSSR count). The van der Waals surface area contributed by atoms with E-state index in [-0.39, 0.29) is 11.4 Å². The van der Waals surface area contributed by atoms with Crippen LogP contribution in [0.5, 0.6) is 0 Å². The van der Waals surface area contributed by atoms with Crippen molar-refractivity contribution in [1.82, 2.24) is 19.1 Å². The summed E-state index contributed by atoms with van der Waals surface area (Å²) in [5.74, 6) is 0.346. The summed E-state index contributed by atoms with van der Waals surface area (Å²) < 4.78 is 53.1. The fourth-order valence-corrected chi connectivity index (χ4v) is 4.29. The van der Waals surface area contributed by atoms with Crippen molar-refractivity contribution in [3.05, 3.63) is 35.9 Å². The molecule has 0 fully saturated rings. The number of alkyl halides is 2. The van der Waals surface area contributed by atoms with E-state index in [1.54, 1.807) is 39.0 Å². The van der Waals surface area contributed by atoms with Crippen LogP contribution in [0.3, 0.4) is 0 Å². The maximum absolute atomic E-state index is 12.8. The zero-order chi connectivity index (χ0) is 19.3. The Kier molecular flexibility index (Phi) is 6.65. The summed E-state index contributed by atoms with van der Waals surface area (Å²) in [4.78, 5) is 4.18. The summed E-state index contributed by atoms with van der Waals surface area (Å²) in [7, 11) is -3.59. The molecule has 0 amide bonds. The molecule has 0 bridgehead atoms. The van der Waals surface area contributed by atoms with Crippen molar-refractivity contribution >= 4 is 15.7 Å². The number of aromatic nitrogens is 3. The molecule has 1 heterocycles. The van der Waals surface area contributed by atoms with Gasteiger partial charge in [-0.15, -0.1) is 0 Å². The van der Waals surface area contributed by atoms with E-state index in [1.807, 2.05) is 0 Å². The van der Waals surface area contributed by atoms with Crippen molar-refractivity contribution in [1.29, 1.82) is 0 Å². The van der Waals surface area contributed by atoms with Gasteiger partial charge >= 0.3 is 0 Å². The third kappa shape index (κ3) is 4.55. The smallest absolute Gasteiger partial charge is 0.257 e. The highest BCUT2D eigenvalue weighted by Gasteiger charge is 2.23. The van der Waals surface area contributed by atoms with Crippen molar-refractivity contribution in [2.45, 2.75) is 45.2 Å². The molecule has 26 heavy (non-hydrogen) atoms. The molecule has 0 unspecified atom stereocenters. The van der Waals surface area contributed by atoms with Gasteiger partial charge in [-0.1, -0.05) is 19.9 Å². The Morgan fingerprint density at radius 2 is 1.96 bits per heavy atom. The van der Waals surface area contributed by atoms with Gasteiger partial charge < -0.3 is 5.32 Å². The number of sulfonamides is 1. The van der Waals surface area contributed by atoms with Crippen LogP contribution in [0.1, 0.15) is 25.2 Å². The van der Waals surface area contributed by atoms with Crippen LogP contribution < -0.4 is 5.32 Å². The van der Waals surface area contributed by atoms with E-state index in [2.05, 4.69) is 15.4 Å². The van der Waals surface area contributed by atoms with Crippen LogP contribution >= 0.6 is 0 Å². The van der Waals surface area contributed by atoms with Gasteiger partial charge in [0.1, 0.15) is 18.7 Å². The molecule has 2 aromatic rings. The molecule has 0 radical (unpaired) electrons. The van der Waals surface area contributed by atoms with E-state index in [4.69, 9.17) is 0 Å². The van der Waals surface area contributed by atoms with Gasteiger partial charge in [0.05, 0.1) is 11.4 Å². The second kappa shape index (κ2) is 8.54. The predicted molar refractivity (Wildman–Crippen MR) is 94.6 cm³/mol. The Morgan fingerprint density at radius 3 is 2.58 bits per heavy atom. The van der Waals surface area contributed by atoms with Crippen molar-refractivity contribution in [3.8, 4) is 0 Å². The lowest BCUT2D eigenvalue weighted by Crippen LogP contribution is -2.31. The van der Waals surface area contributed by atoms with E-state index in [1.165, 1.54) is 10.6 Å². The summed E-state index contributed by atoms with van der Waals surface area (Å²) in [5.41, 5.74) is 1.20. The average molecular weight is 387 g/mol. The summed E-state index contributed by atoms with van der Waals surface area (Å²) in [6.07, 6.45) is -1.31.